The quantitative estimate of drug-likeness (QED) is 0.729. The largest absolute Gasteiger partial charge is 0.346 e. The average Bonchev–Trinajstić information content (AvgIpc) is 2.74. The maximum atomic E-state index is 13.6. The second-order valence-corrected chi connectivity index (χ2v) is 6.63. The molecule has 0 aromatic heterocycles. The van der Waals surface area contributed by atoms with Crippen molar-refractivity contribution in [3.63, 3.8) is 0 Å². The Bertz CT molecular complexity index is 932. The van der Waals surface area contributed by atoms with E-state index in [-0.39, 0.29) is 12.5 Å². The summed E-state index contributed by atoms with van der Waals surface area (Å²) >= 11 is 0. The van der Waals surface area contributed by atoms with Crippen molar-refractivity contribution in [1.29, 1.82) is 0 Å². The van der Waals surface area contributed by atoms with Crippen molar-refractivity contribution in [2.24, 2.45) is 0 Å². The third-order valence-electron chi connectivity index (χ3n) is 4.56. The summed E-state index contributed by atoms with van der Waals surface area (Å²) in [5.41, 5.74) is 1.91. The Morgan fingerprint density at radius 1 is 0.966 bits per heavy atom. The van der Waals surface area contributed by atoms with Crippen LogP contribution < -0.4 is 10.6 Å². The predicted octanol–water partition coefficient (Wildman–Crippen LogP) is 2.95. The van der Waals surface area contributed by atoms with E-state index in [1.807, 2.05) is 35.2 Å². The van der Waals surface area contributed by atoms with Gasteiger partial charge in [-0.2, -0.15) is 0 Å². The van der Waals surface area contributed by atoms with Crippen LogP contribution in [0.1, 0.15) is 12.0 Å². The van der Waals surface area contributed by atoms with Crippen molar-refractivity contribution in [3.8, 4) is 0 Å². The first kappa shape index (κ1) is 20.6. The minimum Gasteiger partial charge on any atom is -0.346 e. The number of benzene rings is 2. The molecule has 0 spiro atoms. The highest BCUT2D eigenvalue weighted by molar-refractivity contribution is 5.94. The summed E-state index contributed by atoms with van der Waals surface area (Å²) < 4.78 is 39.6. The highest BCUT2D eigenvalue weighted by Crippen LogP contribution is 2.22. The number of nitrogens with zero attached hydrogens (tertiary/aromatic N) is 1. The lowest BCUT2D eigenvalue weighted by molar-refractivity contribution is -0.125. The number of carbonyl (C=O) groups excluding carboxylic acids is 2. The first-order valence-corrected chi connectivity index (χ1v) is 9.11. The average molecular weight is 403 g/mol. The third kappa shape index (κ3) is 5.45. The summed E-state index contributed by atoms with van der Waals surface area (Å²) in [6.45, 7) is 1.03. The lowest BCUT2D eigenvalue weighted by Crippen LogP contribution is -2.41. The van der Waals surface area contributed by atoms with E-state index < -0.39 is 35.6 Å². The van der Waals surface area contributed by atoms with Crippen molar-refractivity contribution in [3.05, 3.63) is 71.6 Å². The van der Waals surface area contributed by atoms with Crippen LogP contribution in [0, 0.1) is 17.5 Å². The number of rotatable bonds is 6. The Morgan fingerprint density at radius 3 is 2.41 bits per heavy atom. The lowest BCUT2D eigenvalue weighted by atomic mass is 10.00. The molecule has 0 bridgehead atoms. The van der Waals surface area contributed by atoms with Gasteiger partial charge in [0.15, 0.2) is 17.5 Å². The topological polar surface area (TPSA) is 61.4 Å². The number of nitrogens with one attached hydrogen (secondary N) is 2. The van der Waals surface area contributed by atoms with E-state index in [9.17, 15) is 22.8 Å². The standard InChI is InChI=1S/C21H20F3N3O2/c22-16-6-7-17(21(24)20(16)23)26-18(28)12-25-19(29)13-27-10-8-15(9-11-27)14-4-2-1-3-5-14/h1-8H,9-13H2,(H,25,29)(H,26,28). The van der Waals surface area contributed by atoms with Crippen molar-refractivity contribution >= 4 is 23.1 Å². The molecule has 0 saturated carbocycles. The molecule has 0 aliphatic carbocycles. The summed E-state index contributed by atoms with van der Waals surface area (Å²) in [5.74, 6) is -5.60. The second kappa shape index (κ2) is 9.38. The number of halogens is 3. The fourth-order valence-corrected chi connectivity index (χ4v) is 3.02. The van der Waals surface area contributed by atoms with Gasteiger partial charge in [-0.3, -0.25) is 14.5 Å². The molecule has 0 fully saturated rings. The molecule has 5 nitrogen and oxygen atoms in total. The van der Waals surface area contributed by atoms with Crippen LogP contribution in [-0.4, -0.2) is 42.9 Å². The van der Waals surface area contributed by atoms with Gasteiger partial charge in [-0.15, -0.1) is 0 Å². The summed E-state index contributed by atoms with van der Waals surface area (Å²) in [6.07, 6.45) is 2.89. The highest BCUT2D eigenvalue weighted by atomic mass is 19.2. The van der Waals surface area contributed by atoms with Gasteiger partial charge >= 0.3 is 0 Å². The molecule has 0 unspecified atom stereocenters. The minimum atomic E-state index is -1.67. The van der Waals surface area contributed by atoms with Crippen LogP contribution in [-0.2, 0) is 9.59 Å². The van der Waals surface area contributed by atoms with Gasteiger partial charge in [0, 0.05) is 13.1 Å². The van der Waals surface area contributed by atoms with Crippen molar-refractivity contribution in [1.82, 2.24) is 10.2 Å². The van der Waals surface area contributed by atoms with Gasteiger partial charge in [-0.25, -0.2) is 13.2 Å². The molecule has 1 heterocycles. The highest BCUT2D eigenvalue weighted by Gasteiger charge is 2.18. The van der Waals surface area contributed by atoms with Crippen LogP contribution in [0.15, 0.2) is 48.5 Å². The fraction of sp³-hybridized carbons (Fsp3) is 0.238. The molecule has 2 aromatic carbocycles. The van der Waals surface area contributed by atoms with Gasteiger partial charge in [0.2, 0.25) is 11.8 Å². The van der Waals surface area contributed by atoms with Gasteiger partial charge in [-0.1, -0.05) is 36.4 Å². The van der Waals surface area contributed by atoms with E-state index in [0.717, 1.165) is 18.1 Å². The Hall–Kier alpha value is -3.13. The van der Waals surface area contributed by atoms with E-state index in [1.54, 1.807) is 0 Å². The Labute approximate surface area is 166 Å². The van der Waals surface area contributed by atoms with E-state index in [2.05, 4.69) is 16.7 Å². The van der Waals surface area contributed by atoms with Crippen LogP contribution >= 0.6 is 0 Å². The third-order valence-corrected chi connectivity index (χ3v) is 4.56. The van der Waals surface area contributed by atoms with Gasteiger partial charge in [0.05, 0.1) is 18.8 Å². The van der Waals surface area contributed by atoms with E-state index >= 15 is 0 Å². The molecule has 3 rings (SSSR count). The van der Waals surface area contributed by atoms with Crippen LogP contribution in [0.4, 0.5) is 18.9 Å². The molecule has 2 aromatic rings. The van der Waals surface area contributed by atoms with Gasteiger partial charge < -0.3 is 10.6 Å². The van der Waals surface area contributed by atoms with Gasteiger partial charge in [0.25, 0.3) is 0 Å². The molecule has 8 heteroatoms. The van der Waals surface area contributed by atoms with Crippen LogP contribution in [0.5, 0.6) is 0 Å². The normalized spacial score (nSPS) is 14.2. The Kier molecular flexibility index (Phi) is 6.66. The first-order chi connectivity index (χ1) is 13.9. The summed E-state index contributed by atoms with van der Waals surface area (Å²) in [6, 6.07) is 11.6. The van der Waals surface area contributed by atoms with Gasteiger partial charge in [0.1, 0.15) is 0 Å². The summed E-state index contributed by atoms with van der Waals surface area (Å²) in [5, 5.41) is 4.54. The Balaban J connectivity index is 1.44. The molecule has 152 valence electrons. The zero-order chi connectivity index (χ0) is 20.8. The fourth-order valence-electron chi connectivity index (χ4n) is 3.02. The van der Waals surface area contributed by atoms with E-state index in [4.69, 9.17) is 0 Å². The van der Waals surface area contributed by atoms with E-state index in [0.29, 0.717) is 19.2 Å². The number of amides is 2. The molecular weight excluding hydrogens is 383 g/mol. The predicted molar refractivity (Wildman–Crippen MR) is 103 cm³/mol. The minimum absolute atomic E-state index is 0.116. The maximum absolute atomic E-state index is 13.6. The molecule has 1 aliphatic rings. The lowest BCUT2D eigenvalue weighted by Gasteiger charge is -2.25. The first-order valence-electron chi connectivity index (χ1n) is 9.11. The molecule has 2 N–H and O–H groups in total. The van der Waals surface area contributed by atoms with Crippen molar-refractivity contribution < 1.29 is 22.8 Å². The molecule has 0 saturated heterocycles. The molecule has 2 amide bonds. The molecule has 1 aliphatic heterocycles. The SMILES string of the molecule is O=C(CN1CC=C(c2ccccc2)CC1)NCC(=O)Nc1ccc(F)c(F)c1F. The molecule has 29 heavy (non-hydrogen) atoms. The van der Waals surface area contributed by atoms with Crippen molar-refractivity contribution in [2.45, 2.75) is 6.42 Å². The zero-order valence-electron chi connectivity index (χ0n) is 15.6. The molecule has 0 atom stereocenters. The monoisotopic (exact) mass is 403 g/mol. The van der Waals surface area contributed by atoms with Crippen LogP contribution in [0.2, 0.25) is 0 Å². The van der Waals surface area contributed by atoms with Crippen LogP contribution in [0.3, 0.4) is 0 Å². The van der Waals surface area contributed by atoms with Crippen molar-refractivity contribution in [2.75, 3.05) is 31.5 Å². The Morgan fingerprint density at radius 2 is 1.72 bits per heavy atom. The molecule has 0 radical (unpaired) electrons. The second-order valence-electron chi connectivity index (χ2n) is 6.63. The summed E-state index contributed by atoms with van der Waals surface area (Å²) in [7, 11) is 0. The summed E-state index contributed by atoms with van der Waals surface area (Å²) in [4.78, 5) is 25.8. The van der Waals surface area contributed by atoms with Gasteiger partial charge in [-0.05, 0) is 29.7 Å². The maximum Gasteiger partial charge on any atom is 0.243 e. The number of carbonyl (C=O) groups is 2. The molecular formula is C21H20F3N3O2. The number of anilines is 1. The number of hydrogen-bond acceptors (Lipinski definition) is 3. The van der Waals surface area contributed by atoms with E-state index in [1.165, 1.54) is 5.57 Å². The zero-order valence-corrected chi connectivity index (χ0v) is 15.6. The smallest absolute Gasteiger partial charge is 0.243 e. The number of hydrogen-bond donors (Lipinski definition) is 2. The van der Waals surface area contributed by atoms with Crippen LogP contribution in [0.25, 0.3) is 5.57 Å².